The Morgan fingerprint density at radius 2 is 2.23 bits per heavy atom. The molecule has 0 amide bonds. The van der Waals surface area contributed by atoms with Gasteiger partial charge in [0.2, 0.25) is 0 Å². The first kappa shape index (κ1) is 10.3. The first-order valence-electron chi connectivity index (χ1n) is 3.46. The molecule has 0 fully saturated rings. The molecule has 1 rings (SSSR count). The van der Waals surface area contributed by atoms with Crippen molar-refractivity contribution >= 4 is 39.2 Å². The van der Waals surface area contributed by atoms with Crippen molar-refractivity contribution in [2.45, 2.75) is 6.42 Å². The predicted octanol–water partition coefficient (Wildman–Crippen LogP) is 2.31. The summed E-state index contributed by atoms with van der Waals surface area (Å²) in [6.45, 7) is 0. The van der Waals surface area contributed by atoms with E-state index < -0.39 is 5.97 Å². The second-order valence-corrected chi connectivity index (χ2v) is 3.82. The number of carboxylic acid groups (broad SMARTS) is 1. The summed E-state index contributed by atoms with van der Waals surface area (Å²) in [6, 6.07) is 3.18. The molecule has 0 saturated carbocycles. The molecule has 70 valence electrons. The van der Waals surface area contributed by atoms with E-state index in [0.717, 1.165) is 0 Å². The highest BCUT2D eigenvalue weighted by Crippen LogP contribution is 2.28. The molecule has 3 nitrogen and oxygen atoms in total. The van der Waals surface area contributed by atoms with E-state index >= 15 is 0 Å². The number of halogens is 2. The van der Waals surface area contributed by atoms with Crippen LogP contribution in [0.25, 0.3) is 0 Å². The fourth-order valence-corrected chi connectivity index (χ4v) is 1.82. The number of carbonyl (C=O) groups is 1. The standard InChI is InChI=1S/C8H7BrClNO2/c9-6-3-5(10)1-4(8(6)11)2-7(12)13/h1,3H,2,11H2,(H,12,13). The van der Waals surface area contributed by atoms with E-state index in [0.29, 0.717) is 20.7 Å². The summed E-state index contributed by atoms with van der Waals surface area (Å²) in [5.41, 5.74) is 6.57. The Morgan fingerprint density at radius 1 is 1.62 bits per heavy atom. The van der Waals surface area contributed by atoms with Gasteiger partial charge in [-0.25, -0.2) is 0 Å². The minimum Gasteiger partial charge on any atom is -0.481 e. The molecule has 0 bridgehead atoms. The van der Waals surface area contributed by atoms with Crippen LogP contribution in [0.4, 0.5) is 5.69 Å². The SMILES string of the molecule is Nc1c(Br)cc(Cl)cc1CC(=O)O. The van der Waals surface area contributed by atoms with Gasteiger partial charge >= 0.3 is 5.97 Å². The maximum atomic E-state index is 10.4. The highest BCUT2D eigenvalue weighted by molar-refractivity contribution is 9.10. The Hall–Kier alpha value is -0.740. The van der Waals surface area contributed by atoms with E-state index in [2.05, 4.69) is 15.9 Å². The van der Waals surface area contributed by atoms with Crippen LogP contribution in [0.15, 0.2) is 16.6 Å². The zero-order valence-corrected chi connectivity index (χ0v) is 8.89. The quantitative estimate of drug-likeness (QED) is 0.806. The van der Waals surface area contributed by atoms with Gasteiger partial charge < -0.3 is 10.8 Å². The summed E-state index contributed by atoms with van der Waals surface area (Å²) in [4.78, 5) is 10.4. The zero-order chi connectivity index (χ0) is 10.0. The predicted molar refractivity (Wildman–Crippen MR) is 54.9 cm³/mol. The molecule has 1 aromatic carbocycles. The van der Waals surface area contributed by atoms with Crippen molar-refractivity contribution in [3.05, 3.63) is 27.2 Å². The van der Waals surface area contributed by atoms with Crippen LogP contribution in [0.2, 0.25) is 5.02 Å². The fourth-order valence-electron chi connectivity index (χ4n) is 0.947. The van der Waals surface area contributed by atoms with Crippen molar-refractivity contribution in [1.29, 1.82) is 0 Å². The van der Waals surface area contributed by atoms with Gasteiger partial charge in [0.15, 0.2) is 0 Å². The van der Waals surface area contributed by atoms with Gasteiger partial charge in [0.05, 0.1) is 6.42 Å². The van der Waals surface area contributed by atoms with E-state index in [-0.39, 0.29) is 6.42 Å². The summed E-state index contributed by atoms with van der Waals surface area (Å²) in [5, 5.41) is 9.03. The summed E-state index contributed by atoms with van der Waals surface area (Å²) < 4.78 is 0.622. The molecule has 0 unspecified atom stereocenters. The van der Waals surface area contributed by atoms with Crippen LogP contribution in [0.3, 0.4) is 0 Å². The molecular weight excluding hydrogens is 257 g/mol. The molecular formula is C8H7BrClNO2. The van der Waals surface area contributed by atoms with Gasteiger partial charge in [-0.2, -0.15) is 0 Å². The Balaban J connectivity index is 3.12. The number of benzene rings is 1. The number of nitrogen functional groups attached to an aromatic ring is 1. The molecule has 0 aliphatic heterocycles. The molecule has 0 aromatic heterocycles. The largest absolute Gasteiger partial charge is 0.481 e. The molecule has 0 saturated heterocycles. The molecule has 0 spiro atoms. The molecule has 5 heteroatoms. The van der Waals surface area contributed by atoms with Gasteiger partial charge in [0.1, 0.15) is 0 Å². The first-order valence-corrected chi connectivity index (χ1v) is 4.63. The zero-order valence-electron chi connectivity index (χ0n) is 6.55. The summed E-state index contributed by atoms with van der Waals surface area (Å²) in [6.07, 6.45) is -0.120. The lowest BCUT2D eigenvalue weighted by Crippen LogP contribution is -2.04. The summed E-state index contributed by atoms with van der Waals surface area (Å²) >= 11 is 8.91. The minimum absolute atomic E-state index is 0.120. The number of carboxylic acids is 1. The second-order valence-electron chi connectivity index (χ2n) is 2.53. The van der Waals surface area contributed by atoms with Crippen LogP contribution >= 0.6 is 27.5 Å². The maximum Gasteiger partial charge on any atom is 0.307 e. The third kappa shape index (κ3) is 2.60. The Kier molecular flexibility index (Phi) is 3.17. The Labute approximate surface area is 88.6 Å². The van der Waals surface area contributed by atoms with Gasteiger partial charge in [-0.05, 0) is 33.6 Å². The lowest BCUT2D eigenvalue weighted by molar-refractivity contribution is -0.136. The smallest absolute Gasteiger partial charge is 0.307 e. The topological polar surface area (TPSA) is 63.3 Å². The monoisotopic (exact) mass is 263 g/mol. The molecule has 0 radical (unpaired) electrons. The molecule has 0 heterocycles. The third-order valence-electron chi connectivity index (χ3n) is 1.52. The van der Waals surface area contributed by atoms with E-state index in [1.54, 1.807) is 12.1 Å². The highest BCUT2D eigenvalue weighted by Gasteiger charge is 2.08. The van der Waals surface area contributed by atoms with Crippen LogP contribution in [0, 0.1) is 0 Å². The summed E-state index contributed by atoms with van der Waals surface area (Å²) in [5.74, 6) is -0.930. The molecule has 0 aliphatic carbocycles. The van der Waals surface area contributed by atoms with E-state index in [1.807, 2.05) is 0 Å². The van der Waals surface area contributed by atoms with Gasteiger partial charge in [-0.1, -0.05) is 11.6 Å². The van der Waals surface area contributed by atoms with Crippen LogP contribution in [0.5, 0.6) is 0 Å². The highest BCUT2D eigenvalue weighted by atomic mass is 79.9. The molecule has 0 atom stereocenters. The van der Waals surface area contributed by atoms with Crippen LogP contribution in [-0.2, 0) is 11.2 Å². The lowest BCUT2D eigenvalue weighted by Gasteiger charge is -2.05. The Morgan fingerprint density at radius 3 is 2.77 bits per heavy atom. The third-order valence-corrected chi connectivity index (χ3v) is 2.40. The van der Waals surface area contributed by atoms with E-state index in [4.69, 9.17) is 22.4 Å². The van der Waals surface area contributed by atoms with Crippen molar-refractivity contribution in [2.75, 3.05) is 5.73 Å². The van der Waals surface area contributed by atoms with Crippen molar-refractivity contribution in [2.24, 2.45) is 0 Å². The number of rotatable bonds is 2. The average molecular weight is 265 g/mol. The van der Waals surface area contributed by atoms with Crippen molar-refractivity contribution in [1.82, 2.24) is 0 Å². The number of anilines is 1. The number of hydrogen-bond acceptors (Lipinski definition) is 2. The summed E-state index contributed by atoms with van der Waals surface area (Å²) in [7, 11) is 0. The van der Waals surface area contributed by atoms with Crippen LogP contribution < -0.4 is 5.73 Å². The number of aliphatic carboxylic acids is 1. The lowest BCUT2D eigenvalue weighted by atomic mass is 10.1. The second kappa shape index (κ2) is 3.98. The normalized spacial score (nSPS) is 10.0. The van der Waals surface area contributed by atoms with Gasteiger partial charge in [0.25, 0.3) is 0 Å². The molecule has 3 N–H and O–H groups in total. The number of nitrogens with two attached hydrogens (primary N) is 1. The minimum atomic E-state index is -0.930. The van der Waals surface area contributed by atoms with Crippen molar-refractivity contribution in [3.63, 3.8) is 0 Å². The van der Waals surface area contributed by atoms with E-state index in [1.165, 1.54) is 0 Å². The number of hydrogen-bond donors (Lipinski definition) is 2. The van der Waals surface area contributed by atoms with Crippen molar-refractivity contribution < 1.29 is 9.90 Å². The average Bonchev–Trinajstić information content (AvgIpc) is 1.98. The van der Waals surface area contributed by atoms with Crippen LogP contribution in [0.1, 0.15) is 5.56 Å². The fraction of sp³-hybridized carbons (Fsp3) is 0.125. The Bertz CT molecular complexity index is 354. The first-order chi connectivity index (χ1) is 6.00. The van der Waals surface area contributed by atoms with E-state index in [9.17, 15) is 4.79 Å². The van der Waals surface area contributed by atoms with Gasteiger partial charge in [-0.15, -0.1) is 0 Å². The van der Waals surface area contributed by atoms with Crippen LogP contribution in [-0.4, -0.2) is 11.1 Å². The maximum absolute atomic E-state index is 10.4. The molecule has 0 aliphatic rings. The van der Waals surface area contributed by atoms with Gasteiger partial charge in [0, 0.05) is 15.2 Å². The molecule has 1 aromatic rings. The van der Waals surface area contributed by atoms with Crippen molar-refractivity contribution in [3.8, 4) is 0 Å². The molecule has 13 heavy (non-hydrogen) atoms. The van der Waals surface area contributed by atoms with Gasteiger partial charge in [-0.3, -0.25) is 4.79 Å².